The predicted molar refractivity (Wildman–Crippen MR) is 99.4 cm³/mol. The summed E-state index contributed by atoms with van der Waals surface area (Å²) in [4.78, 5) is 4.49. The number of hydrogen-bond acceptors (Lipinski definition) is 6. The topological polar surface area (TPSA) is 75.2 Å². The lowest BCUT2D eigenvalue weighted by atomic mass is 9.96. The lowest BCUT2D eigenvalue weighted by Crippen LogP contribution is -2.21. The summed E-state index contributed by atoms with van der Waals surface area (Å²) in [5, 5.41) is 8.73. The quantitative estimate of drug-likeness (QED) is 0.695. The second kappa shape index (κ2) is 6.81. The molecular formula is C20H24N4O3. The van der Waals surface area contributed by atoms with Gasteiger partial charge in [-0.15, -0.1) is 0 Å². The largest absolute Gasteiger partial charge is 0.494 e. The molecule has 0 amide bonds. The summed E-state index contributed by atoms with van der Waals surface area (Å²) in [5.74, 6) is 1.98. The van der Waals surface area contributed by atoms with Gasteiger partial charge in [0.15, 0.2) is 11.5 Å². The van der Waals surface area contributed by atoms with Gasteiger partial charge in [0.05, 0.1) is 25.5 Å². The molecule has 3 aromatic rings. The predicted octanol–water partition coefficient (Wildman–Crippen LogP) is 3.90. The summed E-state index contributed by atoms with van der Waals surface area (Å²) in [6, 6.07) is 9.98. The Labute approximate surface area is 158 Å². The Balaban J connectivity index is 1.53. The van der Waals surface area contributed by atoms with Crippen LogP contribution in [0.4, 0.5) is 0 Å². The molecule has 1 atom stereocenters. The van der Waals surface area contributed by atoms with Crippen molar-refractivity contribution in [1.29, 1.82) is 0 Å². The number of rotatable bonds is 4. The Bertz CT molecular complexity index is 922. The highest BCUT2D eigenvalue weighted by Gasteiger charge is 2.26. The highest BCUT2D eigenvalue weighted by atomic mass is 16.5. The van der Waals surface area contributed by atoms with E-state index in [9.17, 15) is 0 Å². The molecule has 1 unspecified atom stereocenters. The Morgan fingerprint density at radius 2 is 2.00 bits per heavy atom. The van der Waals surface area contributed by atoms with Crippen LogP contribution in [0.5, 0.6) is 5.75 Å². The van der Waals surface area contributed by atoms with Crippen molar-refractivity contribution in [1.82, 2.24) is 19.9 Å². The molecule has 0 N–H and O–H groups in total. The van der Waals surface area contributed by atoms with E-state index in [-0.39, 0.29) is 11.5 Å². The van der Waals surface area contributed by atoms with Crippen LogP contribution in [0.1, 0.15) is 50.9 Å². The third-order valence-corrected chi connectivity index (χ3v) is 4.51. The molecule has 7 heteroatoms. The van der Waals surface area contributed by atoms with Gasteiger partial charge in [-0.05, 0) is 30.7 Å². The second-order valence-electron chi connectivity index (χ2n) is 7.68. The fourth-order valence-corrected chi connectivity index (χ4v) is 3.01. The smallest absolute Gasteiger partial charge is 0.278 e. The Kier molecular flexibility index (Phi) is 4.47. The summed E-state index contributed by atoms with van der Waals surface area (Å²) < 4.78 is 18.9. The van der Waals surface area contributed by atoms with E-state index >= 15 is 0 Å². The molecule has 1 aromatic carbocycles. The molecule has 2 aromatic heterocycles. The summed E-state index contributed by atoms with van der Waals surface area (Å²) in [7, 11) is 0. The fourth-order valence-electron chi connectivity index (χ4n) is 3.01. The number of benzene rings is 1. The molecule has 0 saturated carbocycles. The van der Waals surface area contributed by atoms with E-state index in [0.29, 0.717) is 37.2 Å². The standard InChI is InChI=1S/C20H24N4O3/c1-5-25-15-8-6-13(7-9-15)17-11-24-14(12-26-17)10-16(22-24)18-21-19(23-27-18)20(2,3)4/h6-10,17H,5,11-12H2,1-4H3. The third kappa shape index (κ3) is 3.60. The van der Waals surface area contributed by atoms with Gasteiger partial charge < -0.3 is 14.0 Å². The highest BCUT2D eigenvalue weighted by Crippen LogP contribution is 2.30. The molecule has 1 aliphatic heterocycles. The normalized spacial score (nSPS) is 17.0. The van der Waals surface area contributed by atoms with Crippen molar-refractivity contribution in [3.63, 3.8) is 0 Å². The van der Waals surface area contributed by atoms with Crippen LogP contribution in [-0.2, 0) is 23.3 Å². The molecule has 0 spiro atoms. The van der Waals surface area contributed by atoms with Crippen LogP contribution in [0.2, 0.25) is 0 Å². The van der Waals surface area contributed by atoms with Crippen LogP contribution >= 0.6 is 0 Å². The molecule has 0 fully saturated rings. The zero-order chi connectivity index (χ0) is 19.0. The average molecular weight is 368 g/mol. The first-order valence-corrected chi connectivity index (χ1v) is 9.19. The maximum absolute atomic E-state index is 6.03. The monoisotopic (exact) mass is 368 g/mol. The van der Waals surface area contributed by atoms with Crippen molar-refractivity contribution in [3.05, 3.63) is 47.4 Å². The van der Waals surface area contributed by atoms with Gasteiger partial charge in [-0.3, -0.25) is 4.68 Å². The van der Waals surface area contributed by atoms with E-state index in [4.69, 9.17) is 14.0 Å². The minimum atomic E-state index is -0.164. The molecule has 4 rings (SSSR count). The van der Waals surface area contributed by atoms with Crippen LogP contribution < -0.4 is 4.74 Å². The average Bonchev–Trinajstić information content (AvgIpc) is 3.28. The molecule has 0 aliphatic carbocycles. The second-order valence-corrected chi connectivity index (χ2v) is 7.68. The number of aromatic nitrogens is 4. The number of ether oxygens (including phenoxy) is 2. The molecule has 3 heterocycles. The molecule has 7 nitrogen and oxygen atoms in total. The highest BCUT2D eigenvalue weighted by molar-refractivity contribution is 5.47. The first-order chi connectivity index (χ1) is 12.9. The van der Waals surface area contributed by atoms with Crippen LogP contribution in [0.25, 0.3) is 11.6 Å². The zero-order valence-corrected chi connectivity index (χ0v) is 16.1. The summed E-state index contributed by atoms with van der Waals surface area (Å²) in [5.41, 5.74) is 2.63. The van der Waals surface area contributed by atoms with E-state index in [0.717, 1.165) is 17.0 Å². The van der Waals surface area contributed by atoms with Gasteiger partial charge in [0.25, 0.3) is 5.89 Å². The Hall–Kier alpha value is -2.67. The number of hydrogen-bond donors (Lipinski definition) is 0. The molecule has 27 heavy (non-hydrogen) atoms. The first kappa shape index (κ1) is 17.7. The van der Waals surface area contributed by atoms with Crippen LogP contribution in [0.15, 0.2) is 34.9 Å². The van der Waals surface area contributed by atoms with Gasteiger partial charge >= 0.3 is 0 Å². The van der Waals surface area contributed by atoms with Crippen molar-refractivity contribution in [2.45, 2.75) is 52.4 Å². The number of nitrogens with zero attached hydrogens (tertiary/aromatic N) is 4. The summed E-state index contributed by atoms with van der Waals surface area (Å²) >= 11 is 0. The molecule has 0 bridgehead atoms. The lowest BCUT2D eigenvalue weighted by molar-refractivity contribution is -0.00115. The van der Waals surface area contributed by atoms with Gasteiger partial charge in [0.1, 0.15) is 11.9 Å². The van der Waals surface area contributed by atoms with Gasteiger partial charge in [-0.1, -0.05) is 38.1 Å². The van der Waals surface area contributed by atoms with Crippen molar-refractivity contribution in [2.75, 3.05) is 6.61 Å². The van der Waals surface area contributed by atoms with Gasteiger partial charge in [0.2, 0.25) is 0 Å². The molecular weight excluding hydrogens is 344 g/mol. The van der Waals surface area contributed by atoms with Crippen molar-refractivity contribution < 1.29 is 14.0 Å². The maximum atomic E-state index is 6.03. The summed E-state index contributed by atoms with van der Waals surface area (Å²) in [6.07, 6.45) is -0.0475. The van der Waals surface area contributed by atoms with Gasteiger partial charge in [-0.2, -0.15) is 10.1 Å². The fraction of sp³-hybridized carbons (Fsp3) is 0.450. The first-order valence-electron chi connectivity index (χ1n) is 9.19. The van der Waals surface area contributed by atoms with Gasteiger partial charge in [0, 0.05) is 5.41 Å². The third-order valence-electron chi connectivity index (χ3n) is 4.51. The maximum Gasteiger partial charge on any atom is 0.278 e. The van der Waals surface area contributed by atoms with Crippen LogP contribution in [0.3, 0.4) is 0 Å². The Morgan fingerprint density at radius 3 is 2.67 bits per heavy atom. The minimum absolute atomic E-state index is 0.0475. The van der Waals surface area contributed by atoms with E-state index in [1.54, 1.807) is 0 Å². The van der Waals surface area contributed by atoms with E-state index in [1.165, 1.54) is 0 Å². The molecule has 0 radical (unpaired) electrons. The van der Waals surface area contributed by atoms with Crippen LogP contribution in [0, 0.1) is 0 Å². The SMILES string of the molecule is CCOc1ccc(C2Cn3nc(-c4nc(C(C)(C)C)no4)cc3CO2)cc1. The summed E-state index contributed by atoms with van der Waals surface area (Å²) in [6.45, 7) is 9.92. The van der Waals surface area contributed by atoms with E-state index in [2.05, 4.69) is 36.0 Å². The lowest BCUT2D eigenvalue weighted by Gasteiger charge is -2.24. The van der Waals surface area contributed by atoms with Crippen molar-refractivity contribution >= 4 is 0 Å². The number of fused-ring (bicyclic) bond motifs is 1. The van der Waals surface area contributed by atoms with E-state index in [1.807, 2.05) is 41.9 Å². The minimum Gasteiger partial charge on any atom is -0.494 e. The molecule has 142 valence electrons. The molecule has 0 saturated heterocycles. The van der Waals surface area contributed by atoms with Crippen LogP contribution in [-0.4, -0.2) is 26.5 Å². The van der Waals surface area contributed by atoms with Crippen molar-refractivity contribution in [2.24, 2.45) is 0 Å². The molecule has 1 aliphatic rings. The Morgan fingerprint density at radius 1 is 1.22 bits per heavy atom. The zero-order valence-electron chi connectivity index (χ0n) is 16.1. The van der Waals surface area contributed by atoms with Gasteiger partial charge in [-0.25, -0.2) is 0 Å². The van der Waals surface area contributed by atoms with Crippen molar-refractivity contribution in [3.8, 4) is 17.3 Å². The van der Waals surface area contributed by atoms with E-state index < -0.39 is 0 Å².